The number of nitrogens with zero attached hydrogens (tertiary/aromatic N) is 1. The predicted molar refractivity (Wildman–Crippen MR) is 109 cm³/mol. The van der Waals surface area contributed by atoms with Crippen molar-refractivity contribution in [2.75, 3.05) is 5.32 Å². The van der Waals surface area contributed by atoms with Crippen molar-refractivity contribution in [3.63, 3.8) is 0 Å². The van der Waals surface area contributed by atoms with Crippen molar-refractivity contribution in [2.24, 2.45) is 0 Å². The fourth-order valence-corrected chi connectivity index (χ4v) is 4.99. The fourth-order valence-electron chi connectivity index (χ4n) is 3.96. The molecule has 0 unspecified atom stereocenters. The van der Waals surface area contributed by atoms with Crippen molar-refractivity contribution in [3.05, 3.63) is 58.6 Å². The Labute approximate surface area is 162 Å². The Morgan fingerprint density at radius 2 is 1.92 bits per heavy atom. The zero-order chi connectivity index (χ0) is 18.1. The van der Waals surface area contributed by atoms with Crippen LogP contribution in [0.2, 0.25) is 5.02 Å². The number of halogens is 1. The number of rotatable bonds is 4. The first-order valence-corrected chi connectivity index (χ1v) is 10.3. The number of benzene rings is 2. The van der Waals surface area contributed by atoms with Crippen LogP contribution >= 0.6 is 22.9 Å². The van der Waals surface area contributed by atoms with Gasteiger partial charge in [0.2, 0.25) is 5.91 Å². The number of amides is 1. The van der Waals surface area contributed by atoms with Crippen molar-refractivity contribution in [2.45, 2.75) is 44.4 Å². The van der Waals surface area contributed by atoms with E-state index in [1.54, 1.807) is 11.3 Å². The molecule has 0 spiro atoms. The number of carbonyl (C=O) groups excluding carboxylic acids is 1. The lowest BCUT2D eigenvalue weighted by molar-refractivity contribution is -0.121. The number of thiazole rings is 1. The third-order valence-corrected chi connectivity index (χ3v) is 6.58. The molecule has 0 atom stereocenters. The number of hydrogen-bond acceptors (Lipinski definition) is 3. The summed E-state index contributed by atoms with van der Waals surface area (Å²) in [7, 11) is 0. The average molecular weight is 385 g/mol. The molecular weight excluding hydrogens is 364 g/mol. The van der Waals surface area contributed by atoms with Gasteiger partial charge in [0, 0.05) is 5.02 Å². The minimum Gasteiger partial charge on any atom is -0.301 e. The molecule has 1 aromatic heterocycles. The van der Waals surface area contributed by atoms with E-state index in [9.17, 15) is 4.79 Å². The molecule has 0 aliphatic heterocycles. The van der Waals surface area contributed by atoms with Crippen molar-refractivity contribution < 1.29 is 4.79 Å². The zero-order valence-electron chi connectivity index (χ0n) is 14.7. The Hall–Kier alpha value is -1.91. The summed E-state index contributed by atoms with van der Waals surface area (Å²) in [6.07, 6.45) is 4.80. The summed E-state index contributed by atoms with van der Waals surface area (Å²) in [5.74, 6) is 0.0504. The molecule has 2 aromatic carbocycles. The second kappa shape index (κ2) is 7.01. The molecule has 1 N–H and O–H groups in total. The maximum absolute atomic E-state index is 13.3. The summed E-state index contributed by atoms with van der Waals surface area (Å²) in [5.41, 5.74) is 2.79. The smallest absolute Gasteiger partial charge is 0.236 e. The first-order valence-electron chi connectivity index (χ1n) is 9.08. The zero-order valence-corrected chi connectivity index (χ0v) is 16.3. The van der Waals surface area contributed by atoms with Gasteiger partial charge in [-0.1, -0.05) is 67.0 Å². The van der Waals surface area contributed by atoms with E-state index in [0.717, 1.165) is 47.9 Å². The van der Waals surface area contributed by atoms with Crippen LogP contribution in [-0.2, 0) is 16.6 Å². The largest absolute Gasteiger partial charge is 0.301 e. The standard InChI is InChI=1S/C21H21ClN2OS/c1-2-14-6-5-7-17-18(14)23-20(26-17)24-19(25)21(12-3-4-13-21)15-8-10-16(22)11-9-15/h5-11H,2-4,12-13H2,1H3,(H,23,24,25). The molecular formula is C21H21ClN2OS. The van der Waals surface area contributed by atoms with Crippen LogP contribution in [0.15, 0.2) is 42.5 Å². The van der Waals surface area contributed by atoms with Gasteiger partial charge in [0.25, 0.3) is 0 Å². The molecule has 26 heavy (non-hydrogen) atoms. The third kappa shape index (κ3) is 3.01. The van der Waals surface area contributed by atoms with Gasteiger partial charge in [-0.05, 0) is 48.6 Å². The monoisotopic (exact) mass is 384 g/mol. The molecule has 3 nitrogen and oxygen atoms in total. The SMILES string of the molecule is CCc1cccc2sc(NC(=O)C3(c4ccc(Cl)cc4)CCCC3)nc12. The van der Waals surface area contributed by atoms with E-state index < -0.39 is 5.41 Å². The number of carbonyl (C=O) groups is 1. The van der Waals surface area contributed by atoms with Crippen LogP contribution in [0.3, 0.4) is 0 Å². The van der Waals surface area contributed by atoms with E-state index in [1.165, 1.54) is 5.56 Å². The quantitative estimate of drug-likeness (QED) is 0.602. The second-order valence-corrected chi connectivity index (χ2v) is 8.35. The van der Waals surface area contributed by atoms with Gasteiger partial charge in [0.15, 0.2) is 5.13 Å². The first-order chi connectivity index (χ1) is 12.6. The summed E-state index contributed by atoms with van der Waals surface area (Å²) in [6, 6.07) is 13.9. The summed E-state index contributed by atoms with van der Waals surface area (Å²) in [6.45, 7) is 2.13. The topological polar surface area (TPSA) is 42.0 Å². The highest BCUT2D eigenvalue weighted by atomic mass is 35.5. The van der Waals surface area contributed by atoms with Gasteiger partial charge in [-0.3, -0.25) is 4.79 Å². The van der Waals surface area contributed by atoms with Crippen molar-refractivity contribution >= 4 is 44.2 Å². The van der Waals surface area contributed by atoms with Crippen molar-refractivity contribution in [1.82, 2.24) is 4.98 Å². The lowest BCUT2D eigenvalue weighted by Gasteiger charge is -2.27. The van der Waals surface area contributed by atoms with Crippen LogP contribution in [0.4, 0.5) is 5.13 Å². The number of para-hydroxylation sites is 1. The second-order valence-electron chi connectivity index (χ2n) is 6.89. The molecule has 0 bridgehead atoms. The van der Waals surface area contributed by atoms with Crippen LogP contribution in [0, 0.1) is 0 Å². The van der Waals surface area contributed by atoms with E-state index in [4.69, 9.17) is 16.6 Å². The van der Waals surface area contributed by atoms with Crippen LogP contribution in [0.25, 0.3) is 10.2 Å². The number of anilines is 1. The Kier molecular flexibility index (Phi) is 4.72. The van der Waals surface area contributed by atoms with Crippen LogP contribution < -0.4 is 5.32 Å². The highest BCUT2D eigenvalue weighted by Gasteiger charge is 2.43. The molecule has 1 aliphatic carbocycles. The highest BCUT2D eigenvalue weighted by molar-refractivity contribution is 7.22. The maximum Gasteiger partial charge on any atom is 0.236 e. The number of nitrogens with one attached hydrogen (secondary N) is 1. The summed E-state index contributed by atoms with van der Waals surface area (Å²) in [5, 5.41) is 4.50. The molecule has 4 rings (SSSR count). The number of fused-ring (bicyclic) bond motifs is 1. The molecule has 134 valence electrons. The van der Waals surface area contributed by atoms with Gasteiger partial charge in [-0.2, -0.15) is 0 Å². The average Bonchev–Trinajstić information content (AvgIpc) is 3.29. The molecule has 1 aliphatic rings. The third-order valence-electron chi connectivity index (χ3n) is 5.39. The van der Waals surface area contributed by atoms with Crippen LogP contribution in [-0.4, -0.2) is 10.9 Å². The lowest BCUT2D eigenvalue weighted by atomic mass is 9.78. The van der Waals surface area contributed by atoms with E-state index >= 15 is 0 Å². The Morgan fingerprint density at radius 1 is 1.19 bits per heavy atom. The molecule has 0 radical (unpaired) electrons. The van der Waals surface area contributed by atoms with Crippen LogP contribution in [0.5, 0.6) is 0 Å². The van der Waals surface area contributed by atoms with Gasteiger partial charge in [0.1, 0.15) is 0 Å². The molecule has 3 aromatic rings. The van der Waals surface area contributed by atoms with Crippen LogP contribution in [0.1, 0.15) is 43.7 Å². The van der Waals surface area contributed by atoms with Gasteiger partial charge in [-0.15, -0.1) is 0 Å². The Bertz CT molecular complexity index is 942. The number of aryl methyl sites for hydroxylation is 1. The Morgan fingerprint density at radius 3 is 2.62 bits per heavy atom. The van der Waals surface area contributed by atoms with Crippen molar-refractivity contribution in [3.8, 4) is 0 Å². The molecule has 1 heterocycles. The van der Waals surface area contributed by atoms with E-state index in [2.05, 4.69) is 30.4 Å². The molecule has 5 heteroatoms. The minimum absolute atomic E-state index is 0.0504. The molecule has 1 saturated carbocycles. The summed E-state index contributed by atoms with van der Waals surface area (Å²) >= 11 is 7.58. The summed E-state index contributed by atoms with van der Waals surface area (Å²) in [4.78, 5) is 18.0. The van der Waals surface area contributed by atoms with Gasteiger partial charge < -0.3 is 5.32 Å². The van der Waals surface area contributed by atoms with E-state index in [0.29, 0.717) is 10.2 Å². The normalized spacial score (nSPS) is 16.1. The van der Waals surface area contributed by atoms with E-state index in [-0.39, 0.29) is 5.91 Å². The van der Waals surface area contributed by atoms with Crippen molar-refractivity contribution in [1.29, 1.82) is 0 Å². The predicted octanol–water partition coefficient (Wildman–Crippen LogP) is 5.96. The van der Waals surface area contributed by atoms with Gasteiger partial charge in [0.05, 0.1) is 15.6 Å². The van der Waals surface area contributed by atoms with Gasteiger partial charge in [-0.25, -0.2) is 4.98 Å². The van der Waals surface area contributed by atoms with Gasteiger partial charge >= 0.3 is 0 Å². The summed E-state index contributed by atoms with van der Waals surface area (Å²) < 4.78 is 1.12. The molecule has 1 fully saturated rings. The number of aromatic nitrogens is 1. The molecule has 1 amide bonds. The molecule has 0 saturated heterocycles. The fraction of sp³-hybridized carbons (Fsp3) is 0.333. The minimum atomic E-state index is -0.476. The maximum atomic E-state index is 13.3. The lowest BCUT2D eigenvalue weighted by Crippen LogP contribution is -2.37. The van der Waals surface area contributed by atoms with E-state index in [1.807, 2.05) is 24.3 Å². The number of hydrogen-bond donors (Lipinski definition) is 1. The highest BCUT2D eigenvalue weighted by Crippen LogP contribution is 2.43. The first kappa shape index (κ1) is 17.5. The Balaban J connectivity index is 1.66.